The van der Waals surface area contributed by atoms with E-state index in [0.29, 0.717) is 11.3 Å². The zero-order chi connectivity index (χ0) is 20.8. The molecular formula is C19H24N4O6. The Kier molecular flexibility index (Phi) is 3.66. The molecular weight excluding hydrogens is 380 g/mol. The zero-order valence-electron chi connectivity index (χ0n) is 16.9. The van der Waals surface area contributed by atoms with Crippen LogP contribution in [-0.2, 0) is 18.9 Å². The van der Waals surface area contributed by atoms with E-state index in [1.54, 1.807) is 31.4 Å². The molecule has 0 radical (unpaired) electrons. The summed E-state index contributed by atoms with van der Waals surface area (Å²) in [4.78, 5) is 16.3. The van der Waals surface area contributed by atoms with Crippen LogP contribution in [0.2, 0.25) is 0 Å². The van der Waals surface area contributed by atoms with Crippen LogP contribution in [0.15, 0.2) is 18.5 Å². The summed E-state index contributed by atoms with van der Waals surface area (Å²) in [6.07, 6.45) is -1.35. The second-order valence-corrected chi connectivity index (χ2v) is 9.11. The number of amides is 1. The van der Waals surface area contributed by atoms with Gasteiger partial charge in [-0.1, -0.05) is 0 Å². The van der Waals surface area contributed by atoms with Gasteiger partial charge in [0, 0.05) is 0 Å². The standard InChI is InChI=1S/C19H24N4O6/c1-17(2,3)28-16(25)22-15-10-7-6-9(23(10)21-8-20-15)11-13-19(12(24)14(19)26-11)29-18(4,5)27-13/h6-8,11-14,24H,1-5H3,(H,20,21,22,25)/t11-,12?,13-,14+,19-/m0/s1. The lowest BCUT2D eigenvalue weighted by atomic mass is 10.1. The lowest BCUT2D eigenvalue weighted by Crippen LogP contribution is -2.32. The number of aliphatic hydroxyl groups is 1. The summed E-state index contributed by atoms with van der Waals surface area (Å²) in [6, 6.07) is 3.63. The van der Waals surface area contributed by atoms with Crippen molar-refractivity contribution < 1.29 is 28.8 Å². The summed E-state index contributed by atoms with van der Waals surface area (Å²) in [5.41, 5.74) is -0.158. The van der Waals surface area contributed by atoms with Gasteiger partial charge in [-0.3, -0.25) is 5.32 Å². The van der Waals surface area contributed by atoms with E-state index in [0.717, 1.165) is 5.69 Å². The lowest BCUT2D eigenvalue weighted by molar-refractivity contribution is -0.176. The number of ether oxygens (including phenoxy) is 4. The van der Waals surface area contributed by atoms with E-state index >= 15 is 0 Å². The van der Waals surface area contributed by atoms with Crippen LogP contribution in [0, 0.1) is 0 Å². The number of anilines is 1. The van der Waals surface area contributed by atoms with Crippen LogP contribution in [-0.4, -0.2) is 61.1 Å². The Bertz CT molecular complexity index is 998. The van der Waals surface area contributed by atoms with Gasteiger partial charge >= 0.3 is 6.09 Å². The van der Waals surface area contributed by atoms with E-state index in [1.165, 1.54) is 6.33 Å². The average Bonchev–Trinajstić information content (AvgIpc) is 2.97. The van der Waals surface area contributed by atoms with E-state index < -0.39 is 47.5 Å². The summed E-state index contributed by atoms with van der Waals surface area (Å²) >= 11 is 0. The van der Waals surface area contributed by atoms with Crippen molar-refractivity contribution >= 4 is 17.4 Å². The molecule has 1 unspecified atom stereocenters. The highest BCUT2D eigenvalue weighted by Gasteiger charge is 2.83. The normalized spacial score (nSPS) is 34.7. The van der Waals surface area contributed by atoms with E-state index in [9.17, 15) is 9.90 Å². The van der Waals surface area contributed by atoms with Crippen LogP contribution >= 0.6 is 0 Å². The molecule has 3 aliphatic rings. The largest absolute Gasteiger partial charge is 0.444 e. The highest BCUT2D eigenvalue weighted by molar-refractivity contribution is 5.88. The highest BCUT2D eigenvalue weighted by atomic mass is 16.8. The maximum absolute atomic E-state index is 12.1. The molecule has 5 rings (SSSR count). The molecule has 10 heteroatoms. The van der Waals surface area contributed by atoms with Crippen LogP contribution in [0.1, 0.15) is 46.4 Å². The van der Waals surface area contributed by atoms with Crippen LogP contribution in [0.5, 0.6) is 0 Å². The highest BCUT2D eigenvalue weighted by Crippen LogP contribution is 2.64. The van der Waals surface area contributed by atoms with E-state index in [4.69, 9.17) is 18.9 Å². The Labute approximate surface area is 167 Å². The first-order chi connectivity index (χ1) is 13.5. The maximum atomic E-state index is 12.1. The quantitative estimate of drug-likeness (QED) is 0.778. The molecule has 156 valence electrons. The molecule has 2 saturated heterocycles. The molecule has 1 amide bonds. The molecule has 1 saturated carbocycles. The van der Waals surface area contributed by atoms with E-state index in [1.807, 2.05) is 19.9 Å². The number of carbonyl (C=O) groups excluding carboxylic acids is 1. The first-order valence-corrected chi connectivity index (χ1v) is 9.56. The monoisotopic (exact) mass is 404 g/mol. The zero-order valence-corrected chi connectivity index (χ0v) is 16.9. The third kappa shape index (κ3) is 2.74. The Hall–Kier alpha value is -2.27. The van der Waals surface area contributed by atoms with Crippen LogP contribution < -0.4 is 5.32 Å². The number of aromatic nitrogens is 3. The van der Waals surface area contributed by atoms with Crippen molar-refractivity contribution in [2.45, 2.75) is 76.0 Å². The molecule has 29 heavy (non-hydrogen) atoms. The summed E-state index contributed by atoms with van der Waals surface area (Å²) in [5.74, 6) is -0.490. The SMILES string of the molecule is CC(C)(C)OC(=O)Nc1ncnn2c([C@@H]3O[C@@H]4C(O)[C@@]45OC(C)(C)O[C@@H]35)ccc12. The predicted octanol–water partition coefficient (Wildman–Crippen LogP) is 1.78. The van der Waals surface area contributed by atoms with Crippen LogP contribution in [0.25, 0.3) is 5.52 Å². The second-order valence-electron chi connectivity index (χ2n) is 9.11. The molecule has 4 heterocycles. The fourth-order valence-corrected chi connectivity index (χ4v) is 4.29. The number of hydrogen-bond acceptors (Lipinski definition) is 8. The maximum Gasteiger partial charge on any atom is 0.413 e. The number of aliphatic hydroxyl groups excluding tert-OH is 1. The van der Waals surface area contributed by atoms with Gasteiger partial charge in [-0.05, 0) is 46.8 Å². The van der Waals surface area contributed by atoms with Crippen molar-refractivity contribution in [1.29, 1.82) is 0 Å². The summed E-state index contributed by atoms with van der Waals surface area (Å²) in [5, 5.41) is 17.2. The molecule has 2 aliphatic heterocycles. The number of nitrogens with one attached hydrogen (secondary N) is 1. The molecule has 1 spiro atoms. The minimum absolute atomic E-state index is 0.322. The van der Waals surface area contributed by atoms with Crippen molar-refractivity contribution in [2.24, 2.45) is 0 Å². The Morgan fingerprint density at radius 3 is 2.79 bits per heavy atom. The number of carbonyl (C=O) groups is 1. The van der Waals surface area contributed by atoms with Gasteiger partial charge in [-0.15, -0.1) is 0 Å². The fraction of sp³-hybridized carbons (Fsp3) is 0.632. The number of hydrogen-bond donors (Lipinski definition) is 2. The van der Waals surface area contributed by atoms with Gasteiger partial charge in [-0.25, -0.2) is 14.3 Å². The summed E-state index contributed by atoms with van der Waals surface area (Å²) in [7, 11) is 0. The van der Waals surface area contributed by atoms with Crippen LogP contribution in [0.3, 0.4) is 0 Å². The fourth-order valence-electron chi connectivity index (χ4n) is 4.29. The van der Waals surface area contributed by atoms with Crippen molar-refractivity contribution in [1.82, 2.24) is 14.6 Å². The van der Waals surface area contributed by atoms with Gasteiger partial charge in [-0.2, -0.15) is 5.10 Å². The first kappa shape index (κ1) is 18.7. The molecule has 0 bridgehead atoms. The molecule has 2 aromatic heterocycles. The average molecular weight is 404 g/mol. The molecule has 3 fully saturated rings. The van der Waals surface area contributed by atoms with Gasteiger partial charge in [0.25, 0.3) is 0 Å². The van der Waals surface area contributed by atoms with Gasteiger partial charge in [0.05, 0.1) is 5.69 Å². The van der Waals surface area contributed by atoms with Crippen molar-refractivity contribution in [3.63, 3.8) is 0 Å². The number of fused-ring (bicyclic) bond motifs is 1. The lowest BCUT2D eigenvalue weighted by Gasteiger charge is -2.22. The van der Waals surface area contributed by atoms with Crippen molar-refractivity contribution in [2.75, 3.05) is 5.32 Å². The summed E-state index contributed by atoms with van der Waals surface area (Å²) in [6.45, 7) is 9.00. The third-order valence-electron chi connectivity index (χ3n) is 5.32. The smallest absolute Gasteiger partial charge is 0.413 e. The minimum Gasteiger partial charge on any atom is -0.444 e. The van der Waals surface area contributed by atoms with Gasteiger partial charge < -0.3 is 24.1 Å². The molecule has 2 N–H and O–H groups in total. The Morgan fingerprint density at radius 1 is 1.31 bits per heavy atom. The first-order valence-electron chi connectivity index (χ1n) is 9.56. The third-order valence-corrected chi connectivity index (χ3v) is 5.32. The topological polar surface area (TPSA) is 116 Å². The Balaban J connectivity index is 1.45. The minimum atomic E-state index is -0.844. The molecule has 2 aromatic rings. The summed E-state index contributed by atoms with van der Waals surface area (Å²) < 4.78 is 25.1. The number of nitrogens with zero attached hydrogens (tertiary/aromatic N) is 3. The van der Waals surface area contributed by atoms with Crippen LogP contribution in [0.4, 0.5) is 10.6 Å². The molecule has 0 aromatic carbocycles. The molecule has 10 nitrogen and oxygen atoms in total. The second kappa shape index (κ2) is 5.66. The molecule has 5 atom stereocenters. The van der Waals surface area contributed by atoms with E-state index in [2.05, 4.69) is 15.4 Å². The number of rotatable bonds is 2. The van der Waals surface area contributed by atoms with E-state index in [-0.39, 0.29) is 0 Å². The van der Waals surface area contributed by atoms with Crippen molar-refractivity contribution in [3.8, 4) is 0 Å². The molecule has 1 aliphatic carbocycles. The Morgan fingerprint density at radius 2 is 2.07 bits per heavy atom. The van der Waals surface area contributed by atoms with Crippen molar-refractivity contribution in [3.05, 3.63) is 24.2 Å². The van der Waals surface area contributed by atoms with Gasteiger partial charge in [0.2, 0.25) is 0 Å². The van der Waals surface area contributed by atoms with Gasteiger partial charge in [0.1, 0.15) is 41.9 Å². The predicted molar refractivity (Wildman–Crippen MR) is 99.2 cm³/mol. The van der Waals surface area contributed by atoms with Gasteiger partial charge in [0.15, 0.2) is 17.2 Å².